The first-order chi connectivity index (χ1) is 7.69. The van der Waals surface area contributed by atoms with Crippen LogP contribution in [0.2, 0.25) is 0 Å². The van der Waals surface area contributed by atoms with Crippen LogP contribution in [0.15, 0.2) is 18.2 Å². The minimum Gasteiger partial charge on any atom is -0.383 e. The highest BCUT2D eigenvalue weighted by Gasteiger charge is 2.10. The lowest BCUT2D eigenvalue weighted by atomic mass is 10.2. The van der Waals surface area contributed by atoms with Gasteiger partial charge in [0.05, 0.1) is 6.61 Å². The van der Waals surface area contributed by atoms with E-state index in [2.05, 4.69) is 5.32 Å². The summed E-state index contributed by atoms with van der Waals surface area (Å²) in [5.74, 6) is -1.31. The first-order valence-corrected chi connectivity index (χ1v) is 5.43. The zero-order valence-electron chi connectivity index (χ0n) is 8.97. The quantitative estimate of drug-likeness (QED) is 0.782. The van der Waals surface area contributed by atoms with Crippen LogP contribution in [0, 0.1) is 11.6 Å². The van der Waals surface area contributed by atoms with Gasteiger partial charge < -0.3 is 10.1 Å². The van der Waals surface area contributed by atoms with Crippen LogP contribution < -0.4 is 5.32 Å². The Labute approximate surface area is 98.6 Å². The lowest BCUT2D eigenvalue weighted by molar-refractivity contribution is 0.172. The molecule has 0 aliphatic carbocycles. The molecule has 2 nitrogen and oxygen atoms in total. The van der Waals surface area contributed by atoms with E-state index in [9.17, 15) is 8.78 Å². The van der Waals surface area contributed by atoms with Crippen molar-refractivity contribution in [1.29, 1.82) is 0 Å². The molecule has 0 fully saturated rings. The molecule has 1 unspecified atom stereocenters. The summed E-state index contributed by atoms with van der Waals surface area (Å²) in [5.41, 5.74) is 0.284. The number of hydrogen-bond donors (Lipinski definition) is 1. The van der Waals surface area contributed by atoms with Crippen molar-refractivity contribution in [3.05, 3.63) is 35.4 Å². The van der Waals surface area contributed by atoms with E-state index >= 15 is 0 Å². The van der Waals surface area contributed by atoms with Crippen LogP contribution in [-0.2, 0) is 11.3 Å². The zero-order chi connectivity index (χ0) is 12.0. The molecule has 0 saturated heterocycles. The molecule has 1 atom stereocenters. The van der Waals surface area contributed by atoms with Gasteiger partial charge in [0.1, 0.15) is 0 Å². The van der Waals surface area contributed by atoms with Crippen molar-refractivity contribution in [3.63, 3.8) is 0 Å². The van der Waals surface area contributed by atoms with Gasteiger partial charge in [-0.3, -0.25) is 0 Å². The molecule has 0 bridgehead atoms. The highest BCUT2D eigenvalue weighted by Crippen LogP contribution is 2.11. The molecular formula is C11H14ClF2NO. The van der Waals surface area contributed by atoms with Crippen molar-refractivity contribution in [1.82, 2.24) is 5.32 Å². The van der Waals surface area contributed by atoms with Gasteiger partial charge in [0.15, 0.2) is 11.6 Å². The van der Waals surface area contributed by atoms with Crippen molar-refractivity contribution in [3.8, 4) is 0 Å². The van der Waals surface area contributed by atoms with Gasteiger partial charge in [0.25, 0.3) is 0 Å². The SMILES string of the molecule is COCC(CCl)NCc1cccc(F)c1F. The molecule has 0 heterocycles. The lowest BCUT2D eigenvalue weighted by Crippen LogP contribution is -2.34. The molecule has 0 amide bonds. The number of benzene rings is 1. The van der Waals surface area contributed by atoms with Crippen LogP contribution in [0.25, 0.3) is 0 Å². The summed E-state index contributed by atoms with van der Waals surface area (Å²) in [7, 11) is 1.56. The van der Waals surface area contributed by atoms with E-state index in [1.165, 1.54) is 12.1 Å². The second kappa shape index (κ2) is 6.78. The van der Waals surface area contributed by atoms with Crippen LogP contribution in [0.4, 0.5) is 8.78 Å². The van der Waals surface area contributed by atoms with Crippen LogP contribution in [0.3, 0.4) is 0 Å². The molecular weight excluding hydrogens is 236 g/mol. The third kappa shape index (κ3) is 3.70. The molecule has 1 rings (SSSR count). The van der Waals surface area contributed by atoms with Crippen LogP contribution >= 0.6 is 11.6 Å². The number of methoxy groups -OCH3 is 1. The molecule has 0 aliphatic rings. The third-order valence-electron chi connectivity index (χ3n) is 2.17. The molecule has 1 aromatic rings. The minimum absolute atomic E-state index is 0.0747. The maximum absolute atomic E-state index is 13.3. The predicted octanol–water partition coefficient (Wildman–Crippen LogP) is 2.31. The van der Waals surface area contributed by atoms with E-state index in [1.807, 2.05) is 0 Å². The summed E-state index contributed by atoms with van der Waals surface area (Å²) in [4.78, 5) is 0. The average Bonchev–Trinajstić information content (AvgIpc) is 2.29. The summed E-state index contributed by atoms with van der Waals surface area (Å²) in [5, 5.41) is 2.99. The number of nitrogens with one attached hydrogen (secondary N) is 1. The Morgan fingerprint density at radius 1 is 1.44 bits per heavy atom. The van der Waals surface area contributed by atoms with Crippen molar-refractivity contribution < 1.29 is 13.5 Å². The Morgan fingerprint density at radius 2 is 2.19 bits per heavy atom. The van der Waals surface area contributed by atoms with Crippen LogP contribution in [-0.4, -0.2) is 25.6 Å². The second-order valence-corrected chi connectivity index (χ2v) is 3.71. The number of rotatable bonds is 6. The monoisotopic (exact) mass is 249 g/mol. The molecule has 0 aliphatic heterocycles. The summed E-state index contributed by atoms with van der Waals surface area (Å²) in [6.07, 6.45) is 0. The third-order valence-corrected chi connectivity index (χ3v) is 2.54. The fourth-order valence-electron chi connectivity index (χ4n) is 1.30. The van der Waals surface area contributed by atoms with Crippen molar-refractivity contribution in [2.45, 2.75) is 12.6 Å². The molecule has 1 aromatic carbocycles. The Morgan fingerprint density at radius 3 is 2.81 bits per heavy atom. The minimum atomic E-state index is -0.839. The van der Waals surface area contributed by atoms with Gasteiger partial charge in [-0.15, -0.1) is 11.6 Å². The lowest BCUT2D eigenvalue weighted by Gasteiger charge is -2.15. The molecule has 0 aromatic heterocycles. The fourth-order valence-corrected chi connectivity index (χ4v) is 1.50. The average molecular weight is 250 g/mol. The van der Waals surface area contributed by atoms with Crippen molar-refractivity contribution in [2.75, 3.05) is 19.6 Å². The highest BCUT2D eigenvalue weighted by atomic mass is 35.5. The maximum Gasteiger partial charge on any atom is 0.163 e. The number of ether oxygens (including phenoxy) is 1. The molecule has 0 saturated carbocycles. The summed E-state index contributed by atoms with van der Waals surface area (Å²) in [6, 6.07) is 4.02. The van der Waals surface area contributed by atoms with Crippen LogP contribution in [0.5, 0.6) is 0 Å². The smallest absolute Gasteiger partial charge is 0.163 e. The van der Waals surface area contributed by atoms with Gasteiger partial charge in [-0.05, 0) is 6.07 Å². The van der Waals surface area contributed by atoms with Gasteiger partial charge in [-0.25, -0.2) is 8.78 Å². The zero-order valence-corrected chi connectivity index (χ0v) is 9.73. The number of alkyl halides is 1. The molecule has 90 valence electrons. The molecule has 16 heavy (non-hydrogen) atoms. The van der Waals surface area contributed by atoms with Gasteiger partial charge in [-0.1, -0.05) is 12.1 Å². The maximum atomic E-state index is 13.3. The van der Waals surface area contributed by atoms with Gasteiger partial charge in [0, 0.05) is 31.1 Å². The van der Waals surface area contributed by atoms with Crippen LogP contribution in [0.1, 0.15) is 5.56 Å². The van der Waals surface area contributed by atoms with Gasteiger partial charge >= 0.3 is 0 Å². The van der Waals surface area contributed by atoms with E-state index in [0.29, 0.717) is 12.5 Å². The standard InChI is InChI=1S/C11H14ClF2NO/c1-16-7-9(5-12)15-6-8-3-2-4-10(13)11(8)14/h2-4,9,15H,5-7H2,1H3. The van der Waals surface area contributed by atoms with Gasteiger partial charge in [0.2, 0.25) is 0 Å². The van der Waals surface area contributed by atoms with E-state index in [-0.39, 0.29) is 18.2 Å². The van der Waals surface area contributed by atoms with E-state index in [1.54, 1.807) is 7.11 Å². The Balaban J connectivity index is 2.56. The van der Waals surface area contributed by atoms with Gasteiger partial charge in [-0.2, -0.15) is 0 Å². The Hall–Kier alpha value is -0.710. The summed E-state index contributed by atoms with van der Waals surface area (Å²) < 4.78 is 31.1. The van der Waals surface area contributed by atoms with Crippen molar-refractivity contribution >= 4 is 11.6 Å². The molecule has 5 heteroatoms. The van der Waals surface area contributed by atoms with E-state index in [4.69, 9.17) is 16.3 Å². The van der Waals surface area contributed by atoms with Crippen molar-refractivity contribution in [2.24, 2.45) is 0 Å². The number of hydrogen-bond acceptors (Lipinski definition) is 2. The largest absolute Gasteiger partial charge is 0.383 e. The second-order valence-electron chi connectivity index (χ2n) is 3.40. The molecule has 0 radical (unpaired) electrons. The highest BCUT2D eigenvalue weighted by molar-refractivity contribution is 6.18. The predicted molar refractivity (Wildman–Crippen MR) is 59.6 cm³/mol. The molecule has 1 N–H and O–H groups in total. The Bertz CT molecular complexity index is 336. The number of halogens is 3. The van der Waals surface area contributed by atoms with E-state index in [0.717, 1.165) is 6.07 Å². The first kappa shape index (κ1) is 13.4. The normalized spacial score (nSPS) is 12.8. The fraction of sp³-hybridized carbons (Fsp3) is 0.455. The Kier molecular flexibility index (Phi) is 5.66. The summed E-state index contributed by atoms with van der Waals surface area (Å²) in [6.45, 7) is 0.658. The topological polar surface area (TPSA) is 21.3 Å². The first-order valence-electron chi connectivity index (χ1n) is 4.90. The molecule has 0 spiro atoms. The van der Waals surface area contributed by atoms with E-state index < -0.39 is 11.6 Å². The summed E-state index contributed by atoms with van der Waals surface area (Å²) >= 11 is 5.67.